The fourth-order valence-corrected chi connectivity index (χ4v) is 1.91. The summed E-state index contributed by atoms with van der Waals surface area (Å²) in [5.74, 6) is 1.04. The van der Waals surface area contributed by atoms with E-state index < -0.39 is 0 Å². The summed E-state index contributed by atoms with van der Waals surface area (Å²) >= 11 is 2.36. The molecule has 0 saturated carbocycles. The molecule has 0 fully saturated rings. The Morgan fingerprint density at radius 3 is 2.78 bits per heavy atom. The van der Waals surface area contributed by atoms with E-state index in [0.717, 1.165) is 30.8 Å². The van der Waals surface area contributed by atoms with Crippen LogP contribution in [0.2, 0.25) is 0 Å². The van der Waals surface area contributed by atoms with E-state index in [9.17, 15) is 0 Å². The number of nitrogens with one attached hydrogen (secondary N) is 1. The first kappa shape index (κ1) is 15.1. The maximum absolute atomic E-state index is 4.08. The Balaban J connectivity index is 2.63. The van der Waals surface area contributed by atoms with Gasteiger partial charge >= 0.3 is 0 Å². The van der Waals surface area contributed by atoms with Gasteiger partial charge in [0.2, 0.25) is 0 Å². The molecule has 1 rings (SSSR count). The van der Waals surface area contributed by atoms with E-state index in [1.54, 1.807) is 0 Å². The Bertz CT molecular complexity index is 455. The van der Waals surface area contributed by atoms with E-state index in [0.29, 0.717) is 0 Å². The first-order valence-electron chi connectivity index (χ1n) is 6.19. The molecule has 0 aliphatic rings. The van der Waals surface area contributed by atoms with E-state index in [4.69, 9.17) is 0 Å². The number of allylic oxidation sites excluding steroid dienone is 3. The summed E-state index contributed by atoms with van der Waals surface area (Å²) in [6.45, 7) is 12.1. The van der Waals surface area contributed by atoms with Crippen molar-refractivity contribution in [3.05, 3.63) is 46.3 Å². The topological polar surface area (TPSA) is 17.0 Å². The van der Waals surface area contributed by atoms with Crippen LogP contribution < -0.4 is 5.32 Å². The van der Waals surface area contributed by atoms with E-state index in [1.807, 2.05) is 10.8 Å². The second-order valence-corrected chi connectivity index (χ2v) is 5.53. The van der Waals surface area contributed by atoms with Crippen molar-refractivity contribution in [1.29, 1.82) is 0 Å². The number of hydrogen-bond acceptors (Lipinski definition) is 1. The largest absolute Gasteiger partial charge is 0.345 e. The van der Waals surface area contributed by atoms with Crippen molar-refractivity contribution in [3.8, 4) is 0 Å². The van der Waals surface area contributed by atoms with E-state index in [-0.39, 0.29) is 0 Å². The SMILES string of the molecule is C=Cn1cc(CC)cc1NC(=C)CC/C(I)=C\C. The highest BCUT2D eigenvalue weighted by Gasteiger charge is 2.04. The van der Waals surface area contributed by atoms with Crippen molar-refractivity contribution >= 4 is 34.6 Å². The fraction of sp³-hybridized carbons (Fsp3) is 0.333. The van der Waals surface area contributed by atoms with Gasteiger partial charge < -0.3 is 9.88 Å². The molecule has 0 aliphatic carbocycles. The molecular weight excluding hydrogens is 335 g/mol. The van der Waals surface area contributed by atoms with Crippen LogP contribution in [-0.2, 0) is 6.42 Å². The predicted octanol–water partition coefficient (Wildman–Crippen LogP) is 5.20. The number of anilines is 1. The highest BCUT2D eigenvalue weighted by molar-refractivity contribution is 14.1. The molecule has 0 bridgehead atoms. The summed E-state index contributed by atoms with van der Waals surface area (Å²) in [7, 11) is 0. The normalized spacial score (nSPS) is 11.4. The highest BCUT2D eigenvalue weighted by atomic mass is 127. The predicted molar refractivity (Wildman–Crippen MR) is 90.0 cm³/mol. The maximum atomic E-state index is 4.08. The van der Waals surface area contributed by atoms with Crippen molar-refractivity contribution in [2.45, 2.75) is 33.1 Å². The van der Waals surface area contributed by atoms with E-state index in [2.05, 4.69) is 73.3 Å². The molecule has 0 aromatic carbocycles. The minimum Gasteiger partial charge on any atom is -0.345 e. The number of aromatic nitrogens is 1. The Labute approximate surface area is 124 Å². The molecule has 2 nitrogen and oxygen atoms in total. The van der Waals surface area contributed by atoms with Gasteiger partial charge in [-0.3, -0.25) is 0 Å². The number of nitrogens with zero attached hydrogens (tertiary/aromatic N) is 1. The molecule has 98 valence electrons. The van der Waals surface area contributed by atoms with E-state index in [1.165, 1.54) is 9.14 Å². The van der Waals surface area contributed by atoms with Gasteiger partial charge in [0, 0.05) is 18.1 Å². The molecule has 1 N–H and O–H groups in total. The minimum atomic E-state index is 0.951. The van der Waals surface area contributed by atoms with Gasteiger partial charge in [0.1, 0.15) is 5.82 Å². The monoisotopic (exact) mass is 356 g/mol. The van der Waals surface area contributed by atoms with Gasteiger partial charge in [0.15, 0.2) is 0 Å². The summed E-state index contributed by atoms with van der Waals surface area (Å²) in [5, 5.41) is 3.36. The van der Waals surface area contributed by atoms with Crippen LogP contribution in [0.15, 0.2) is 40.8 Å². The zero-order chi connectivity index (χ0) is 13.5. The van der Waals surface area contributed by atoms with E-state index >= 15 is 0 Å². The van der Waals surface area contributed by atoms with Gasteiger partial charge in [0.05, 0.1) is 0 Å². The molecule has 0 atom stereocenters. The zero-order valence-electron chi connectivity index (χ0n) is 11.2. The van der Waals surface area contributed by atoms with Gasteiger partial charge in [-0.25, -0.2) is 0 Å². The van der Waals surface area contributed by atoms with Crippen LogP contribution in [0.4, 0.5) is 5.82 Å². The molecule has 0 aliphatic heterocycles. The molecule has 1 heterocycles. The smallest absolute Gasteiger partial charge is 0.114 e. The number of rotatable bonds is 7. The summed E-state index contributed by atoms with van der Waals surface area (Å²) in [5.41, 5.74) is 2.34. The molecule has 1 aromatic heterocycles. The van der Waals surface area contributed by atoms with Crippen LogP contribution >= 0.6 is 22.6 Å². The maximum Gasteiger partial charge on any atom is 0.114 e. The van der Waals surface area contributed by atoms with Crippen LogP contribution in [0.25, 0.3) is 6.20 Å². The summed E-state index contributed by atoms with van der Waals surface area (Å²) in [4.78, 5) is 0. The molecule has 0 saturated heterocycles. The molecule has 0 spiro atoms. The quantitative estimate of drug-likeness (QED) is 0.665. The van der Waals surface area contributed by atoms with Crippen LogP contribution in [0, 0.1) is 0 Å². The molecule has 0 amide bonds. The third kappa shape index (κ3) is 4.37. The number of hydrogen-bond donors (Lipinski definition) is 1. The van der Waals surface area contributed by atoms with Crippen molar-refractivity contribution in [1.82, 2.24) is 4.57 Å². The Morgan fingerprint density at radius 1 is 1.50 bits per heavy atom. The molecule has 3 heteroatoms. The summed E-state index contributed by atoms with van der Waals surface area (Å²) < 4.78 is 3.37. The number of halogens is 1. The lowest BCUT2D eigenvalue weighted by molar-refractivity contribution is 0.972. The van der Waals surface area contributed by atoms with Crippen molar-refractivity contribution in [2.75, 3.05) is 5.32 Å². The first-order valence-corrected chi connectivity index (χ1v) is 7.27. The van der Waals surface area contributed by atoms with Gasteiger partial charge in [-0.05, 0) is 64.0 Å². The van der Waals surface area contributed by atoms with Crippen molar-refractivity contribution < 1.29 is 0 Å². The molecule has 0 unspecified atom stereocenters. The standard InChI is InChI=1S/C15H21IN2/c1-5-13-10-15(18(7-3)11-13)17-12(4)8-9-14(16)6-2/h6-7,10-11,17H,3-5,8-9H2,1-2H3/b14-6+. The van der Waals surface area contributed by atoms with Crippen LogP contribution in [0.5, 0.6) is 0 Å². The van der Waals surface area contributed by atoms with Gasteiger partial charge in [0.25, 0.3) is 0 Å². The lowest BCUT2D eigenvalue weighted by atomic mass is 10.2. The third-order valence-corrected chi connectivity index (χ3v) is 3.96. The number of aryl methyl sites for hydroxylation is 1. The van der Waals surface area contributed by atoms with Crippen molar-refractivity contribution in [3.63, 3.8) is 0 Å². The zero-order valence-corrected chi connectivity index (χ0v) is 13.3. The second-order valence-electron chi connectivity index (χ2n) is 4.14. The molecular formula is C15H21IN2. The minimum absolute atomic E-state index is 0.951. The van der Waals surface area contributed by atoms with Gasteiger partial charge in [-0.15, -0.1) is 0 Å². The summed E-state index contributed by atoms with van der Waals surface area (Å²) in [6.07, 6.45) is 9.06. The fourth-order valence-electron chi connectivity index (χ4n) is 1.64. The Hall–Kier alpha value is -0.970. The van der Waals surface area contributed by atoms with Crippen molar-refractivity contribution in [2.24, 2.45) is 0 Å². The molecule has 1 aromatic rings. The van der Waals surface area contributed by atoms with Crippen LogP contribution in [-0.4, -0.2) is 4.57 Å². The summed E-state index contributed by atoms with van der Waals surface area (Å²) in [6, 6.07) is 2.15. The Kier molecular flexibility index (Phi) is 6.25. The highest BCUT2D eigenvalue weighted by Crippen LogP contribution is 2.20. The Morgan fingerprint density at radius 2 is 2.22 bits per heavy atom. The molecule has 18 heavy (non-hydrogen) atoms. The second kappa shape index (κ2) is 7.46. The lowest BCUT2D eigenvalue weighted by Gasteiger charge is -2.10. The average Bonchev–Trinajstić information content (AvgIpc) is 2.78. The first-order chi connectivity index (χ1) is 8.60. The average molecular weight is 356 g/mol. The third-order valence-electron chi connectivity index (χ3n) is 2.79. The van der Waals surface area contributed by atoms with Crippen LogP contribution in [0.3, 0.4) is 0 Å². The molecule has 0 radical (unpaired) electrons. The van der Waals surface area contributed by atoms with Gasteiger partial charge in [-0.1, -0.05) is 26.2 Å². The lowest BCUT2D eigenvalue weighted by Crippen LogP contribution is -2.01. The van der Waals surface area contributed by atoms with Gasteiger partial charge in [-0.2, -0.15) is 0 Å². The van der Waals surface area contributed by atoms with Crippen LogP contribution in [0.1, 0.15) is 32.3 Å².